The first-order chi connectivity index (χ1) is 15.2. The quantitative estimate of drug-likeness (QED) is 0.564. The van der Waals surface area contributed by atoms with Crippen molar-refractivity contribution in [2.75, 3.05) is 33.3 Å². The Hall–Kier alpha value is -2.83. The summed E-state index contributed by atoms with van der Waals surface area (Å²) in [6.07, 6.45) is 1.09. The number of fused-ring (bicyclic) bond motifs is 1. The number of pyridine rings is 1. The number of carbonyl (C=O) groups excluding carboxylic acids is 2. The van der Waals surface area contributed by atoms with Crippen LogP contribution in [0.25, 0.3) is 0 Å². The lowest BCUT2D eigenvalue weighted by atomic mass is 10.00. The number of hydrogen-bond donors (Lipinski definition) is 3. The third-order valence-corrected chi connectivity index (χ3v) is 5.27. The Morgan fingerprint density at radius 2 is 2.19 bits per heavy atom. The molecular weight excluding hydrogens is 412 g/mol. The molecule has 1 aromatic rings. The third kappa shape index (κ3) is 6.58. The normalized spacial score (nSPS) is 20.0. The number of nitrogens with one attached hydrogen (secondary N) is 1. The Bertz CT molecular complexity index is 864. The van der Waals surface area contributed by atoms with Crippen LogP contribution in [0.2, 0.25) is 0 Å². The van der Waals surface area contributed by atoms with Gasteiger partial charge in [0.15, 0.2) is 0 Å². The molecule has 0 bridgehead atoms. The molecule has 32 heavy (non-hydrogen) atoms. The molecule has 0 aliphatic carbocycles. The summed E-state index contributed by atoms with van der Waals surface area (Å²) in [6, 6.07) is 0.981. The summed E-state index contributed by atoms with van der Waals surface area (Å²) < 4.78 is 6.15. The lowest BCUT2D eigenvalue weighted by Gasteiger charge is -2.37. The van der Waals surface area contributed by atoms with Crippen LogP contribution in [0.4, 0.5) is 4.79 Å². The van der Waals surface area contributed by atoms with Crippen molar-refractivity contribution in [3.05, 3.63) is 23.4 Å². The molecule has 1 aliphatic heterocycles. The van der Waals surface area contributed by atoms with E-state index in [4.69, 9.17) is 4.74 Å². The largest absolute Gasteiger partial charge is 0.472 e. The lowest BCUT2D eigenvalue weighted by Crippen LogP contribution is -2.51. The van der Waals surface area contributed by atoms with Gasteiger partial charge in [-0.05, 0) is 26.3 Å². The molecule has 0 unspecified atom stereocenters. The highest BCUT2D eigenvalue weighted by molar-refractivity contribution is 5.97. The van der Waals surface area contributed by atoms with Crippen molar-refractivity contribution in [3.8, 4) is 17.7 Å². The predicted molar refractivity (Wildman–Crippen MR) is 120 cm³/mol. The van der Waals surface area contributed by atoms with Crippen LogP contribution < -0.4 is 10.1 Å². The Morgan fingerprint density at radius 1 is 1.47 bits per heavy atom. The van der Waals surface area contributed by atoms with Crippen molar-refractivity contribution in [1.29, 1.82) is 0 Å². The van der Waals surface area contributed by atoms with Crippen LogP contribution in [0.15, 0.2) is 12.3 Å². The van der Waals surface area contributed by atoms with Crippen molar-refractivity contribution in [2.24, 2.45) is 5.92 Å². The molecule has 0 aromatic carbocycles. The molecule has 9 nitrogen and oxygen atoms in total. The number of amides is 3. The van der Waals surface area contributed by atoms with Gasteiger partial charge in [0, 0.05) is 37.8 Å². The molecule has 0 radical (unpaired) electrons. The molecule has 2 heterocycles. The monoisotopic (exact) mass is 446 g/mol. The van der Waals surface area contributed by atoms with Gasteiger partial charge >= 0.3 is 6.03 Å². The van der Waals surface area contributed by atoms with Crippen molar-refractivity contribution >= 4 is 11.9 Å². The van der Waals surface area contributed by atoms with Crippen molar-refractivity contribution in [2.45, 2.75) is 52.4 Å². The highest BCUT2D eigenvalue weighted by Gasteiger charge is 2.34. The van der Waals surface area contributed by atoms with Gasteiger partial charge in [0.2, 0.25) is 5.88 Å². The van der Waals surface area contributed by atoms with Crippen LogP contribution in [-0.2, 0) is 0 Å². The van der Waals surface area contributed by atoms with Gasteiger partial charge in [-0.2, -0.15) is 0 Å². The highest BCUT2D eigenvalue weighted by atomic mass is 16.5. The summed E-state index contributed by atoms with van der Waals surface area (Å²) in [5.74, 6) is 5.15. The van der Waals surface area contributed by atoms with Crippen molar-refractivity contribution in [3.63, 3.8) is 0 Å². The molecule has 0 spiro atoms. The van der Waals surface area contributed by atoms with Crippen LogP contribution in [-0.4, -0.2) is 88.5 Å². The summed E-state index contributed by atoms with van der Waals surface area (Å²) in [7, 11) is 1.70. The van der Waals surface area contributed by atoms with E-state index in [1.165, 1.54) is 6.20 Å². The van der Waals surface area contributed by atoms with Crippen LogP contribution in [0.1, 0.15) is 50.0 Å². The smallest absolute Gasteiger partial charge is 0.317 e. The Labute approximate surface area is 189 Å². The van der Waals surface area contributed by atoms with Crippen molar-refractivity contribution < 1.29 is 24.5 Å². The number of aromatic nitrogens is 1. The van der Waals surface area contributed by atoms with Gasteiger partial charge in [-0.1, -0.05) is 25.7 Å². The average Bonchev–Trinajstić information content (AvgIpc) is 2.77. The minimum Gasteiger partial charge on any atom is -0.472 e. The fourth-order valence-corrected chi connectivity index (χ4v) is 3.30. The maximum Gasteiger partial charge on any atom is 0.317 e. The number of urea groups is 1. The van der Waals surface area contributed by atoms with E-state index in [1.807, 2.05) is 13.8 Å². The van der Waals surface area contributed by atoms with E-state index in [1.54, 1.807) is 36.8 Å². The molecule has 0 saturated heterocycles. The molecule has 0 saturated carbocycles. The second-order valence-corrected chi connectivity index (χ2v) is 8.26. The van der Waals surface area contributed by atoms with E-state index in [0.29, 0.717) is 25.2 Å². The summed E-state index contributed by atoms with van der Waals surface area (Å²) in [4.78, 5) is 33.1. The maximum atomic E-state index is 13.3. The van der Waals surface area contributed by atoms with Crippen LogP contribution in [0.3, 0.4) is 0 Å². The van der Waals surface area contributed by atoms with E-state index in [0.717, 1.165) is 6.42 Å². The van der Waals surface area contributed by atoms with E-state index in [9.17, 15) is 19.8 Å². The van der Waals surface area contributed by atoms with Gasteiger partial charge in [-0.25, -0.2) is 9.78 Å². The van der Waals surface area contributed by atoms with Gasteiger partial charge in [0.1, 0.15) is 17.8 Å². The van der Waals surface area contributed by atoms with E-state index >= 15 is 0 Å². The fraction of sp³-hybridized carbons (Fsp3) is 0.609. The summed E-state index contributed by atoms with van der Waals surface area (Å²) in [6.45, 7) is 8.30. The number of carbonyl (C=O) groups is 2. The SMILES string of the molecule is CCCNC(=O)N(C)C[C@@H]1Oc2ncc(C#C[C@H](C)O)cc2C(=O)N([C@H](C)CO)C[C@H]1C. The second-order valence-electron chi connectivity index (χ2n) is 8.26. The zero-order chi connectivity index (χ0) is 23.8. The molecule has 1 aromatic heterocycles. The molecule has 2 rings (SSSR count). The molecule has 3 N–H and O–H groups in total. The number of aliphatic hydroxyl groups is 2. The predicted octanol–water partition coefficient (Wildman–Crippen LogP) is 1.09. The standard InChI is InChI=1S/C23H34N4O5/c1-6-9-24-23(31)26(5)13-20-15(2)12-27(16(3)14-28)22(30)19-10-18(8-7-17(4)29)11-25-21(19)32-20/h10-11,15-17,20,28-29H,6,9,12-14H2,1-5H3,(H,24,31)/t15-,16-,17+,20+/m1/s1. The summed E-state index contributed by atoms with van der Waals surface area (Å²) >= 11 is 0. The minimum absolute atomic E-state index is 0.126. The van der Waals surface area contributed by atoms with Gasteiger partial charge in [-0.15, -0.1) is 0 Å². The van der Waals surface area contributed by atoms with E-state index in [-0.39, 0.29) is 35.9 Å². The van der Waals surface area contributed by atoms with Crippen LogP contribution in [0, 0.1) is 17.8 Å². The molecule has 4 atom stereocenters. The van der Waals surface area contributed by atoms with Crippen molar-refractivity contribution in [1.82, 2.24) is 20.1 Å². The Balaban J connectivity index is 2.40. The number of ether oxygens (including phenoxy) is 1. The molecule has 0 fully saturated rings. The highest BCUT2D eigenvalue weighted by Crippen LogP contribution is 2.27. The molecular formula is C23H34N4O5. The van der Waals surface area contributed by atoms with Gasteiger partial charge in [0.25, 0.3) is 5.91 Å². The van der Waals surface area contributed by atoms with Crippen LogP contribution in [0.5, 0.6) is 5.88 Å². The summed E-state index contributed by atoms with van der Waals surface area (Å²) in [5.41, 5.74) is 0.706. The first kappa shape index (κ1) is 25.4. The Morgan fingerprint density at radius 3 is 2.81 bits per heavy atom. The molecule has 1 aliphatic rings. The molecule has 176 valence electrons. The van der Waals surface area contributed by atoms with Gasteiger partial charge < -0.3 is 30.1 Å². The Kier molecular flexibility index (Phi) is 9.29. The molecule has 3 amide bonds. The third-order valence-electron chi connectivity index (χ3n) is 5.27. The first-order valence-corrected chi connectivity index (χ1v) is 10.9. The van der Waals surface area contributed by atoms with E-state index < -0.39 is 18.2 Å². The van der Waals surface area contributed by atoms with Gasteiger partial charge in [0.05, 0.1) is 19.2 Å². The second kappa shape index (κ2) is 11.7. The maximum absolute atomic E-state index is 13.3. The lowest BCUT2D eigenvalue weighted by molar-refractivity contribution is 0.0352. The minimum atomic E-state index is -0.811. The van der Waals surface area contributed by atoms with Gasteiger partial charge in [-0.3, -0.25) is 4.79 Å². The number of nitrogens with zero attached hydrogens (tertiary/aromatic N) is 3. The summed E-state index contributed by atoms with van der Waals surface area (Å²) in [5, 5.41) is 22.0. The molecule has 9 heteroatoms. The fourth-order valence-electron chi connectivity index (χ4n) is 3.30. The number of aliphatic hydroxyl groups excluding tert-OH is 2. The number of hydrogen-bond acceptors (Lipinski definition) is 6. The average molecular weight is 447 g/mol. The number of rotatable bonds is 6. The zero-order valence-electron chi connectivity index (χ0n) is 19.5. The zero-order valence-corrected chi connectivity index (χ0v) is 19.5. The van der Waals surface area contributed by atoms with E-state index in [2.05, 4.69) is 22.1 Å². The first-order valence-electron chi connectivity index (χ1n) is 10.9. The topological polar surface area (TPSA) is 115 Å². The van der Waals surface area contributed by atoms with Crippen LogP contribution >= 0.6 is 0 Å². The number of likely N-dealkylation sites (N-methyl/N-ethyl adjacent to an activating group) is 1.